The monoisotopic (exact) mass is 275 g/mol. The molecule has 0 saturated heterocycles. The number of anilines is 1. The highest BCUT2D eigenvalue weighted by Crippen LogP contribution is 2.15. The second kappa shape index (κ2) is 6.62. The van der Waals surface area contributed by atoms with Gasteiger partial charge in [-0.1, -0.05) is 30.3 Å². The van der Waals surface area contributed by atoms with Crippen LogP contribution in [0, 0.1) is 0 Å². The van der Waals surface area contributed by atoms with Crippen molar-refractivity contribution < 1.29 is 4.79 Å². The van der Waals surface area contributed by atoms with Gasteiger partial charge in [0, 0.05) is 5.38 Å². The van der Waals surface area contributed by atoms with Gasteiger partial charge in [0.05, 0.1) is 18.3 Å². The zero-order valence-corrected chi connectivity index (χ0v) is 10.9. The highest BCUT2D eigenvalue weighted by atomic mass is 32.1. The molecule has 0 aliphatic heterocycles. The van der Waals surface area contributed by atoms with E-state index in [0.29, 0.717) is 10.8 Å². The first-order valence-corrected chi connectivity index (χ1v) is 6.44. The van der Waals surface area contributed by atoms with E-state index >= 15 is 0 Å². The lowest BCUT2D eigenvalue weighted by molar-refractivity contribution is -0.120. The number of hydrazone groups is 1. The molecular formula is C12H13N5OS. The molecular weight excluding hydrogens is 262 g/mol. The van der Waals surface area contributed by atoms with Crippen LogP contribution in [0.15, 0.2) is 40.8 Å². The van der Waals surface area contributed by atoms with Crippen LogP contribution in [0.2, 0.25) is 0 Å². The van der Waals surface area contributed by atoms with Gasteiger partial charge in [-0.2, -0.15) is 5.10 Å². The molecule has 6 nitrogen and oxygen atoms in total. The Morgan fingerprint density at radius 2 is 2.21 bits per heavy atom. The smallest absolute Gasteiger partial charge is 0.239 e. The Bertz CT molecular complexity index is 567. The Morgan fingerprint density at radius 1 is 1.42 bits per heavy atom. The summed E-state index contributed by atoms with van der Waals surface area (Å²) in [5.74, 6) is 4.73. The molecule has 19 heavy (non-hydrogen) atoms. The van der Waals surface area contributed by atoms with Crippen molar-refractivity contribution in [3.63, 3.8) is 0 Å². The maximum absolute atomic E-state index is 11.1. The molecule has 7 heteroatoms. The minimum absolute atomic E-state index is 0.164. The van der Waals surface area contributed by atoms with Crippen LogP contribution >= 0.6 is 11.3 Å². The number of nitrogens with two attached hydrogens (primary N) is 1. The second-order valence-corrected chi connectivity index (χ2v) is 4.53. The van der Waals surface area contributed by atoms with Crippen molar-refractivity contribution in [1.82, 2.24) is 10.4 Å². The van der Waals surface area contributed by atoms with E-state index in [9.17, 15) is 4.79 Å². The number of nitrogens with one attached hydrogen (secondary N) is 2. The van der Waals surface area contributed by atoms with Crippen molar-refractivity contribution in [2.45, 2.75) is 6.42 Å². The number of rotatable bonds is 5. The fraction of sp³-hybridized carbons (Fsp3) is 0.0833. The van der Waals surface area contributed by atoms with Gasteiger partial charge >= 0.3 is 0 Å². The summed E-state index contributed by atoms with van der Waals surface area (Å²) in [4.78, 5) is 15.3. The van der Waals surface area contributed by atoms with Crippen molar-refractivity contribution in [3.05, 3.63) is 47.0 Å². The molecule has 0 spiro atoms. The van der Waals surface area contributed by atoms with E-state index in [-0.39, 0.29) is 12.3 Å². The van der Waals surface area contributed by atoms with Gasteiger partial charge in [-0.3, -0.25) is 15.6 Å². The molecule has 0 bridgehead atoms. The van der Waals surface area contributed by atoms with Gasteiger partial charge in [-0.25, -0.2) is 10.8 Å². The number of nitrogens with zero attached hydrogens (tertiary/aromatic N) is 2. The third-order valence-corrected chi connectivity index (χ3v) is 3.02. The third-order valence-electron chi connectivity index (χ3n) is 2.23. The van der Waals surface area contributed by atoms with Crippen LogP contribution in [0.4, 0.5) is 5.13 Å². The maximum atomic E-state index is 11.1. The molecule has 1 aromatic heterocycles. The number of carbonyl (C=O) groups is 1. The van der Waals surface area contributed by atoms with Crippen LogP contribution in [0.1, 0.15) is 11.3 Å². The van der Waals surface area contributed by atoms with Crippen LogP contribution in [-0.2, 0) is 11.2 Å². The van der Waals surface area contributed by atoms with E-state index in [0.717, 1.165) is 5.56 Å². The van der Waals surface area contributed by atoms with Crippen molar-refractivity contribution >= 4 is 28.6 Å². The summed E-state index contributed by atoms with van der Waals surface area (Å²) in [5.41, 5.74) is 6.53. The SMILES string of the molecule is NNC(=O)Cc1csc(NN=Cc2ccccc2)n1. The van der Waals surface area contributed by atoms with Gasteiger partial charge in [0.2, 0.25) is 11.0 Å². The molecule has 98 valence electrons. The van der Waals surface area contributed by atoms with Gasteiger partial charge < -0.3 is 0 Å². The predicted octanol–water partition coefficient (Wildman–Crippen LogP) is 1.12. The Balaban J connectivity index is 1.90. The summed E-state index contributed by atoms with van der Waals surface area (Å²) in [7, 11) is 0. The Kier molecular flexibility index (Phi) is 4.60. The minimum Gasteiger partial charge on any atom is -0.294 e. The van der Waals surface area contributed by atoms with Gasteiger partial charge in [-0.15, -0.1) is 11.3 Å². The Hall–Kier alpha value is -2.25. The van der Waals surface area contributed by atoms with Crippen molar-refractivity contribution in [2.24, 2.45) is 10.9 Å². The van der Waals surface area contributed by atoms with Gasteiger partial charge in [0.15, 0.2) is 0 Å². The zero-order valence-electron chi connectivity index (χ0n) is 10.0. The lowest BCUT2D eigenvalue weighted by atomic mass is 10.2. The van der Waals surface area contributed by atoms with Crippen molar-refractivity contribution in [2.75, 3.05) is 5.43 Å². The maximum Gasteiger partial charge on any atom is 0.239 e. The van der Waals surface area contributed by atoms with E-state index in [4.69, 9.17) is 5.84 Å². The largest absolute Gasteiger partial charge is 0.294 e. The number of carbonyl (C=O) groups excluding carboxylic acids is 1. The topological polar surface area (TPSA) is 92.4 Å². The fourth-order valence-electron chi connectivity index (χ4n) is 1.36. The molecule has 2 aromatic rings. The molecule has 1 heterocycles. The number of hydrogen-bond acceptors (Lipinski definition) is 6. The number of aromatic nitrogens is 1. The Labute approximate surface area is 114 Å². The van der Waals surface area contributed by atoms with E-state index in [1.807, 2.05) is 30.3 Å². The third kappa shape index (κ3) is 4.16. The summed E-state index contributed by atoms with van der Waals surface area (Å²) >= 11 is 1.38. The van der Waals surface area contributed by atoms with Crippen LogP contribution in [0.25, 0.3) is 0 Å². The number of hydrazine groups is 1. The Morgan fingerprint density at radius 3 is 2.95 bits per heavy atom. The molecule has 1 aromatic carbocycles. The van der Waals surface area contributed by atoms with Crippen LogP contribution in [0.3, 0.4) is 0 Å². The number of benzene rings is 1. The van der Waals surface area contributed by atoms with E-state index in [2.05, 4.69) is 20.9 Å². The van der Waals surface area contributed by atoms with Crippen LogP contribution < -0.4 is 16.7 Å². The molecule has 4 N–H and O–H groups in total. The summed E-state index contributed by atoms with van der Waals surface area (Å²) in [5, 5.41) is 6.49. The zero-order chi connectivity index (χ0) is 13.5. The average molecular weight is 275 g/mol. The van der Waals surface area contributed by atoms with Gasteiger partial charge in [-0.05, 0) is 5.56 Å². The quantitative estimate of drug-likeness (QED) is 0.330. The van der Waals surface area contributed by atoms with Crippen molar-refractivity contribution in [3.8, 4) is 0 Å². The first kappa shape index (κ1) is 13.2. The molecule has 0 atom stereocenters. The van der Waals surface area contributed by atoms with Crippen LogP contribution in [-0.4, -0.2) is 17.1 Å². The van der Waals surface area contributed by atoms with Gasteiger partial charge in [0.1, 0.15) is 0 Å². The highest BCUT2D eigenvalue weighted by molar-refractivity contribution is 7.13. The summed E-state index contributed by atoms with van der Waals surface area (Å²) in [6, 6.07) is 9.72. The number of thiazole rings is 1. The average Bonchev–Trinajstić information content (AvgIpc) is 2.87. The van der Waals surface area contributed by atoms with Crippen molar-refractivity contribution in [1.29, 1.82) is 0 Å². The van der Waals surface area contributed by atoms with E-state index in [1.54, 1.807) is 11.6 Å². The molecule has 0 unspecified atom stereocenters. The summed E-state index contributed by atoms with van der Waals surface area (Å²) < 4.78 is 0. The number of hydrogen-bond donors (Lipinski definition) is 3. The molecule has 0 aliphatic carbocycles. The van der Waals surface area contributed by atoms with E-state index < -0.39 is 0 Å². The normalized spacial score (nSPS) is 10.6. The summed E-state index contributed by atoms with van der Waals surface area (Å²) in [6.07, 6.45) is 1.87. The van der Waals surface area contributed by atoms with E-state index in [1.165, 1.54) is 11.3 Å². The minimum atomic E-state index is -0.273. The molecule has 1 amide bonds. The molecule has 0 saturated carbocycles. The summed E-state index contributed by atoms with van der Waals surface area (Å²) in [6.45, 7) is 0. The van der Waals surface area contributed by atoms with Crippen LogP contribution in [0.5, 0.6) is 0 Å². The number of amides is 1. The standard InChI is InChI=1S/C12H13N5OS/c13-16-11(18)6-10-8-19-12(15-10)17-14-7-9-4-2-1-3-5-9/h1-5,7-8H,6,13H2,(H,15,17)(H,16,18). The molecule has 0 radical (unpaired) electrons. The predicted molar refractivity (Wildman–Crippen MR) is 75.8 cm³/mol. The van der Waals surface area contributed by atoms with Gasteiger partial charge in [0.25, 0.3) is 0 Å². The lowest BCUT2D eigenvalue weighted by Crippen LogP contribution is -2.31. The molecule has 0 aliphatic rings. The molecule has 2 rings (SSSR count). The fourth-order valence-corrected chi connectivity index (χ4v) is 2.02. The second-order valence-electron chi connectivity index (χ2n) is 3.67. The highest BCUT2D eigenvalue weighted by Gasteiger charge is 2.05. The first-order chi connectivity index (χ1) is 9.28. The molecule has 0 fully saturated rings. The first-order valence-electron chi connectivity index (χ1n) is 5.56. The lowest BCUT2D eigenvalue weighted by Gasteiger charge is -1.95.